The molecular formula is C18H15ClFN3. The summed E-state index contributed by atoms with van der Waals surface area (Å²) in [5.41, 5.74) is 2.72. The zero-order valence-corrected chi connectivity index (χ0v) is 13.3. The number of nitrogens with zero attached hydrogens (tertiary/aromatic N) is 2. The molecule has 0 spiro atoms. The second-order valence-corrected chi connectivity index (χ2v) is 5.61. The van der Waals surface area contributed by atoms with Gasteiger partial charge < -0.3 is 5.32 Å². The Morgan fingerprint density at radius 1 is 1.00 bits per heavy atom. The third kappa shape index (κ3) is 4.05. The van der Waals surface area contributed by atoms with Crippen molar-refractivity contribution in [1.29, 1.82) is 0 Å². The zero-order valence-electron chi connectivity index (χ0n) is 12.6. The quantitative estimate of drug-likeness (QED) is 0.744. The van der Waals surface area contributed by atoms with Crippen molar-refractivity contribution in [3.63, 3.8) is 0 Å². The number of hydrogen-bond donors (Lipinski definition) is 1. The van der Waals surface area contributed by atoms with Crippen molar-refractivity contribution in [1.82, 2.24) is 9.97 Å². The molecule has 5 heteroatoms. The standard InChI is InChI=1S/C18H15ClFN3/c1-12-22-17(14-4-8-16(20)9-5-14)10-18(23-12)21-11-13-2-6-15(19)7-3-13/h2-10H,11H2,1H3,(H,21,22,23). The van der Waals surface area contributed by atoms with E-state index in [9.17, 15) is 4.39 Å². The van der Waals surface area contributed by atoms with Crippen LogP contribution in [0.3, 0.4) is 0 Å². The maximum Gasteiger partial charge on any atom is 0.130 e. The molecule has 1 heterocycles. The number of rotatable bonds is 4. The zero-order chi connectivity index (χ0) is 16.2. The molecule has 3 nitrogen and oxygen atoms in total. The Kier molecular flexibility index (Phi) is 4.53. The van der Waals surface area contributed by atoms with E-state index in [4.69, 9.17) is 11.6 Å². The topological polar surface area (TPSA) is 37.8 Å². The minimum atomic E-state index is -0.263. The minimum Gasteiger partial charge on any atom is -0.366 e. The molecule has 0 saturated carbocycles. The van der Waals surface area contributed by atoms with Crippen LogP contribution in [0.2, 0.25) is 5.02 Å². The van der Waals surface area contributed by atoms with Gasteiger partial charge in [-0.05, 0) is 48.9 Å². The lowest BCUT2D eigenvalue weighted by Gasteiger charge is -2.09. The molecule has 0 aliphatic carbocycles. The van der Waals surface area contributed by atoms with Gasteiger partial charge in [0.05, 0.1) is 5.69 Å². The number of halogens is 2. The van der Waals surface area contributed by atoms with Crippen LogP contribution >= 0.6 is 11.6 Å². The highest BCUT2D eigenvalue weighted by atomic mass is 35.5. The SMILES string of the molecule is Cc1nc(NCc2ccc(Cl)cc2)cc(-c2ccc(F)cc2)n1. The third-order valence-electron chi connectivity index (χ3n) is 3.36. The number of hydrogen-bond acceptors (Lipinski definition) is 3. The van der Waals surface area contributed by atoms with Crippen molar-refractivity contribution in [3.05, 3.63) is 76.8 Å². The summed E-state index contributed by atoms with van der Waals surface area (Å²) in [5.74, 6) is 1.12. The third-order valence-corrected chi connectivity index (χ3v) is 3.62. The molecule has 116 valence electrons. The van der Waals surface area contributed by atoms with Gasteiger partial charge in [0.1, 0.15) is 17.5 Å². The van der Waals surface area contributed by atoms with Crippen LogP contribution in [0.5, 0.6) is 0 Å². The van der Waals surface area contributed by atoms with Crippen molar-refractivity contribution < 1.29 is 4.39 Å². The Morgan fingerprint density at radius 2 is 1.70 bits per heavy atom. The van der Waals surface area contributed by atoms with Gasteiger partial charge in [-0.3, -0.25) is 0 Å². The molecule has 3 aromatic rings. The van der Waals surface area contributed by atoms with Crippen LogP contribution in [0.25, 0.3) is 11.3 Å². The molecule has 0 fully saturated rings. The minimum absolute atomic E-state index is 0.263. The Bertz CT molecular complexity index is 802. The van der Waals surface area contributed by atoms with E-state index < -0.39 is 0 Å². The molecule has 0 radical (unpaired) electrons. The highest BCUT2D eigenvalue weighted by Crippen LogP contribution is 2.20. The molecular weight excluding hydrogens is 313 g/mol. The average Bonchev–Trinajstić information content (AvgIpc) is 2.54. The van der Waals surface area contributed by atoms with Gasteiger partial charge in [0.25, 0.3) is 0 Å². The molecule has 0 saturated heterocycles. The maximum atomic E-state index is 13.0. The fraction of sp³-hybridized carbons (Fsp3) is 0.111. The summed E-state index contributed by atoms with van der Waals surface area (Å²) in [7, 11) is 0. The second kappa shape index (κ2) is 6.75. The van der Waals surface area contributed by atoms with Crippen molar-refractivity contribution in [2.75, 3.05) is 5.32 Å². The first kappa shape index (κ1) is 15.4. The molecule has 0 unspecified atom stereocenters. The van der Waals surface area contributed by atoms with Gasteiger partial charge in [-0.25, -0.2) is 14.4 Å². The molecule has 0 amide bonds. The number of nitrogens with one attached hydrogen (secondary N) is 1. The number of aryl methyl sites for hydroxylation is 1. The van der Waals surface area contributed by atoms with E-state index in [0.717, 1.165) is 22.6 Å². The first-order chi connectivity index (χ1) is 11.1. The molecule has 0 bridgehead atoms. The van der Waals surface area contributed by atoms with Gasteiger partial charge >= 0.3 is 0 Å². The Balaban J connectivity index is 1.80. The van der Waals surface area contributed by atoms with Crippen LogP contribution in [-0.4, -0.2) is 9.97 Å². The average molecular weight is 328 g/mol. The van der Waals surface area contributed by atoms with Crippen molar-refractivity contribution >= 4 is 17.4 Å². The van der Waals surface area contributed by atoms with Gasteiger partial charge in [-0.2, -0.15) is 0 Å². The van der Waals surface area contributed by atoms with Gasteiger partial charge in [0, 0.05) is 23.2 Å². The van der Waals surface area contributed by atoms with E-state index in [1.54, 1.807) is 12.1 Å². The van der Waals surface area contributed by atoms with Crippen LogP contribution in [0.1, 0.15) is 11.4 Å². The van der Waals surface area contributed by atoms with Gasteiger partial charge in [-0.1, -0.05) is 23.7 Å². The molecule has 2 aromatic carbocycles. The van der Waals surface area contributed by atoms with E-state index in [-0.39, 0.29) is 5.82 Å². The molecule has 1 N–H and O–H groups in total. The normalized spacial score (nSPS) is 10.6. The van der Waals surface area contributed by atoms with Crippen molar-refractivity contribution in [3.8, 4) is 11.3 Å². The first-order valence-electron chi connectivity index (χ1n) is 7.20. The van der Waals surface area contributed by atoms with Gasteiger partial charge in [-0.15, -0.1) is 0 Å². The monoisotopic (exact) mass is 327 g/mol. The second-order valence-electron chi connectivity index (χ2n) is 5.17. The lowest BCUT2D eigenvalue weighted by Crippen LogP contribution is -2.03. The number of aromatic nitrogens is 2. The predicted molar refractivity (Wildman–Crippen MR) is 90.9 cm³/mol. The summed E-state index contributed by atoms with van der Waals surface area (Å²) in [4.78, 5) is 8.80. The summed E-state index contributed by atoms with van der Waals surface area (Å²) in [6.07, 6.45) is 0. The maximum absolute atomic E-state index is 13.0. The summed E-state index contributed by atoms with van der Waals surface area (Å²) >= 11 is 5.88. The molecule has 0 aliphatic heterocycles. The van der Waals surface area contributed by atoms with Crippen LogP contribution in [0.4, 0.5) is 10.2 Å². The van der Waals surface area contributed by atoms with E-state index in [1.165, 1.54) is 12.1 Å². The van der Waals surface area contributed by atoms with Crippen molar-refractivity contribution in [2.24, 2.45) is 0 Å². The summed E-state index contributed by atoms with van der Waals surface area (Å²) in [6, 6.07) is 15.8. The van der Waals surface area contributed by atoms with E-state index in [1.807, 2.05) is 37.3 Å². The molecule has 0 aliphatic rings. The fourth-order valence-corrected chi connectivity index (χ4v) is 2.35. The van der Waals surface area contributed by atoms with Gasteiger partial charge in [0.2, 0.25) is 0 Å². The first-order valence-corrected chi connectivity index (χ1v) is 7.58. The lowest BCUT2D eigenvalue weighted by molar-refractivity contribution is 0.628. The Morgan fingerprint density at radius 3 is 2.39 bits per heavy atom. The Labute approximate surface area is 139 Å². The molecule has 1 aromatic heterocycles. The molecule has 23 heavy (non-hydrogen) atoms. The number of benzene rings is 2. The van der Waals surface area contributed by atoms with E-state index >= 15 is 0 Å². The lowest BCUT2D eigenvalue weighted by atomic mass is 10.1. The van der Waals surface area contributed by atoms with Crippen LogP contribution in [-0.2, 0) is 6.54 Å². The van der Waals surface area contributed by atoms with Gasteiger partial charge in [0.15, 0.2) is 0 Å². The molecule has 3 rings (SSSR count). The van der Waals surface area contributed by atoms with Crippen LogP contribution in [0, 0.1) is 12.7 Å². The summed E-state index contributed by atoms with van der Waals surface area (Å²) in [6.45, 7) is 2.47. The van der Waals surface area contributed by atoms with Crippen LogP contribution < -0.4 is 5.32 Å². The largest absolute Gasteiger partial charge is 0.366 e. The van der Waals surface area contributed by atoms with E-state index in [0.29, 0.717) is 17.4 Å². The predicted octanol–water partition coefficient (Wildman–Crippen LogP) is 4.86. The van der Waals surface area contributed by atoms with Crippen LogP contribution in [0.15, 0.2) is 54.6 Å². The summed E-state index contributed by atoms with van der Waals surface area (Å²) < 4.78 is 13.0. The highest BCUT2D eigenvalue weighted by molar-refractivity contribution is 6.30. The highest BCUT2D eigenvalue weighted by Gasteiger charge is 2.05. The Hall–Kier alpha value is -2.46. The summed E-state index contributed by atoms with van der Waals surface area (Å²) in [5, 5.41) is 3.99. The van der Waals surface area contributed by atoms with E-state index in [2.05, 4.69) is 15.3 Å². The fourth-order valence-electron chi connectivity index (χ4n) is 2.22. The molecule has 0 atom stereocenters. The smallest absolute Gasteiger partial charge is 0.130 e. The number of anilines is 1. The van der Waals surface area contributed by atoms with Crippen molar-refractivity contribution in [2.45, 2.75) is 13.5 Å².